The van der Waals surface area contributed by atoms with Crippen molar-refractivity contribution < 1.29 is 4.39 Å². The average molecular weight is 257 g/mol. The molecule has 1 atom stereocenters. The molecule has 2 rings (SSSR count). The van der Waals surface area contributed by atoms with E-state index in [2.05, 4.69) is 44.3 Å². The summed E-state index contributed by atoms with van der Waals surface area (Å²) in [4.78, 5) is 0. The SMILES string of the molecule is Cc1ccc(C)c(C(C)Nc2cc(F)ccc2C)c1. The van der Waals surface area contributed by atoms with Crippen molar-refractivity contribution in [3.63, 3.8) is 0 Å². The minimum absolute atomic E-state index is 0.153. The molecule has 0 aliphatic heterocycles. The quantitative estimate of drug-likeness (QED) is 0.822. The first-order chi connectivity index (χ1) is 8.97. The van der Waals surface area contributed by atoms with E-state index in [0.29, 0.717) is 0 Å². The summed E-state index contributed by atoms with van der Waals surface area (Å²) in [5.74, 6) is -0.207. The Labute approximate surface area is 114 Å². The van der Waals surface area contributed by atoms with Crippen LogP contribution in [0, 0.1) is 26.6 Å². The van der Waals surface area contributed by atoms with E-state index >= 15 is 0 Å². The Bertz CT molecular complexity index is 590. The van der Waals surface area contributed by atoms with Gasteiger partial charge in [-0.3, -0.25) is 0 Å². The zero-order valence-electron chi connectivity index (χ0n) is 11.9. The molecule has 19 heavy (non-hydrogen) atoms. The van der Waals surface area contributed by atoms with Crippen LogP contribution < -0.4 is 5.32 Å². The highest BCUT2D eigenvalue weighted by Gasteiger charge is 2.10. The predicted octanol–water partition coefficient (Wildman–Crippen LogP) is 4.92. The molecule has 1 N–H and O–H groups in total. The van der Waals surface area contributed by atoms with E-state index in [1.54, 1.807) is 12.1 Å². The molecule has 0 radical (unpaired) electrons. The fourth-order valence-electron chi connectivity index (χ4n) is 2.29. The lowest BCUT2D eigenvalue weighted by atomic mass is 9.99. The first-order valence-electron chi connectivity index (χ1n) is 6.57. The van der Waals surface area contributed by atoms with E-state index in [9.17, 15) is 4.39 Å². The van der Waals surface area contributed by atoms with E-state index < -0.39 is 0 Å². The Kier molecular flexibility index (Phi) is 3.89. The molecule has 0 aliphatic rings. The lowest BCUT2D eigenvalue weighted by Gasteiger charge is -2.20. The number of aryl methyl sites for hydroxylation is 3. The lowest BCUT2D eigenvalue weighted by molar-refractivity contribution is 0.627. The molecule has 0 amide bonds. The molecule has 1 unspecified atom stereocenters. The van der Waals surface area contributed by atoms with Crippen LogP contribution in [-0.4, -0.2) is 0 Å². The fraction of sp³-hybridized carbons (Fsp3) is 0.294. The van der Waals surface area contributed by atoms with Gasteiger partial charge in [-0.25, -0.2) is 4.39 Å². The minimum atomic E-state index is -0.207. The van der Waals surface area contributed by atoms with Gasteiger partial charge in [0.2, 0.25) is 0 Å². The van der Waals surface area contributed by atoms with Crippen LogP contribution in [0.3, 0.4) is 0 Å². The predicted molar refractivity (Wildman–Crippen MR) is 79.1 cm³/mol. The fourth-order valence-corrected chi connectivity index (χ4v) is 2.29. The summed E-state index contributed by atoms with van der Waals surface area (Å²) in [5.41, 5.74) is 5.65. The molecule has 0 fully saturated rings. The van der Waals surface area contributed by atoms with Crippen molar-refractivity contribution in [2.75, 3.05) is 5.32 Å². The van der Waals surface area contributed by atoms with Crippen molar-refractivity contribution in [3.8, 4) is 0 Å². The molecule has 0 aromatic heterocycles. The summed E-state index contributed by atoms with van der Waals surface area (Å²) in [6.07, 6.45) is 0. The van der Waals surface area contributed by atoms with Crippen molar-refractivity contribution >= 4 is 5.69 Å². The van der Waals surface area contributed by atoms with E-state index in [0.717, 1.165) is 11.3 Å². The Balaban J connectivity index is 2.27. The standard InChI is InChI=1S/C17H20FN/c1-11-5-6-12(2)16(9-11)14(4)19-17-10-15(18)8-7-13(17)3/h5-10,14,19H,1-4H3. The van der Waals surface area contributed by atoms with Gasteiger partial charge in [-0.15, -0.1) is 0 Å². The highest BCUT2D eigenvalue weighted by Crippen LogP contribution is 2.25. The van der Waals surface area contributed by atoms with Crippen LogP contribution in [0.5, 0.6) is 0 Å². The minimum Gasteiger partial charge on any atom is -0.378 e. The first kappa shape index (κ1) is 13.6. The van der Waals surface area contributed by atoms with Gasteiger partial charge in [0.1, 0.15) is 5.82 Å². The maximum atomic E-state index is 13.3. The van der Waals surface area contributed by atoms with Gasteiger partial charge in [-0.2, -0.15) is 0 Å². The largest absolute Gasteiger partial charge is 0.378 e. The van der Waals surface area contributed by atoms with Crippen LogP contribution in [0.2, 0.25) is 0 Å². The molecule has 0 spiro atoms. The monoisotopic (exact) mass is 257 g/mol. The van der Waals surface area contributed by atoms with Gasteiger partial charge >= 0.3 is 0 Å². The topological polar surface area (TPSA) is 12.0 Å². The van der Waals surface area contributed by atoms with Crippen LogP contribution in [-0.2, 0) is 0 Å². The van der Waals surface area contributed by atoms with Crippen molar-refractivity contribution in [2.45, 2.75) is 33.7 Å². The van der Waals surface area contributed by atoms with Crippen molar-refractivity contribution in [3.05, 3.63) is 64.5 Å². The van der Waals surface area contributed by atoms with E-state index in [4.69, 9.17) is 0 Å². The molecule has 2 aromatic rings. The summed E-state index contributed by atoms with van der Waals surface area (Å²) in [7, 11) is 0. The number of hydrogen-bond acceptors (Lipinski definition) is 1. The third kappa shape index (κ3) is 3.14. The molecule has 100 valence electrons. The van der Waals surface area contributed by atoms with Crippen LogP contribution in [0.25, 0.3) is 0 Å². The zero-order valence-corrected chi connectivity index (χ0v) is 11.9. The average Bonchev–Trinajstić information content (AvgIpc) is 2.36. The van der Waals surface area contributed by atoms with E-state index in [1.807, 2.05) is 6.92 Å². The third-order valence-electron chi connectivity index (χ3n) is 3.47. The van der Waals surface area contributed by atoms with Gasteiger partial charge < -0.3 is 5.32 Å². The molecule has 0 aliphatic carbocycles. The number of nitrogens with one attached hydrogen (secondary N) is 1. The Morgan fingerprint density at radius 1 is 0.947 bits per heavy atom. The Morgan fingerprint density at radius 2 is 1.63 bits per heavy atom. The summed E-state index contributed by atoms with van der Waals surface area (Å²) < 4.78 is 13.3. The second kappa shape index (κ2) is 5.43. The van der Waals surface area contributed by atoms with Gasteiger partial charge in [-0.1, -0.05) is 29.8 Å². The van der Waals surface area contributed by atoms with Gasteiger partial charge in [0, 0.05) is 11.7 Å². The summed E-state index contributed by atoms with van der Waals surface area (Å²) in [5, 5.41) is 3.40. The van der Waals surface area contributed by atoms with Gasteiger partial charge in [0.25, 0.3) is 0 Å². The van der Waals surface area contributed by atoms with Crippen LogP contribution in [0.15, 0.2) is 36.4 Å². The third-order valence-corrected chi connectivity index (χ3v) is 3.47. The van der Waals surface area contributed by atoms with Crippen molar-refractivity contribution in [1.29, 1.82) is 0 Å². The van der Waals surface area contributed by atoms with Crippen LogP contribution >= 0.6 is 0 Å². The van der Waals surface area contributed by atoms with Gasteiger partial charge in [-0.05, 0) is 56.5 Å². The van der Waals surface area contributed by atoms with Crippen molar-refractivity contribution in [2.24, 2.45) is 0 Å². The molecule has 0 bridgehead atoms. The summed E-state index contributed by atoms with van der Waals surface area (Å²) >= 11 is 0. The van der Waals surface area contributed by atoms with E-state index in [-0.39, 0.29) is 11.9 Å². The summed E-state index contributed by atoms with van der Waals surface area (Å²) in [6.45, 7) is 8.28. The molecule has 2 heteroatoms. The Hall–Kier alpha value is -1.83. The maximum absolute atomic E-state index is 13.3. The first-order valence-corrected chi connectivity index (χ1v) is 6.57. The second-order valence-electron chi connectivity index (χ2n) is 5.19. The molecular formula is C17H20FN. The van der Waals surface area contributed by atoms with Gasteiger partial charge in [0.05, 0.1) is 0 Å². The molecule has 2 aromatic carbocycles. The summed E-state index contributed by atoms with van der Waals surface area (Å²) in [6, 6.07) is 11.4. The number of halogens is 1. The van der Waals surface area contributed by atoms with E-state index in [1.165, 1.54) is 22.8 Å². The smallest absolute Gasteiger partial charge is 0.125 e. The van der Waals surface area contributed by atoms with Crippen molar-refractivity contribution in [1.82, 2.24) is 0 Å². The molecule has 0 saturated heterocycles. The molecule has 0 heterocycles. The highest BCUT2D eigenvalue weighted by molar-refractivity contribution is 5.52. The maximum Gasteiger partial charge on any atom is 0.125 e. The van der Waals surface area contributed by atoms with Gasteiger partial charge in [0.15, 0.2) is 0 Å². The number of hydrogen-bond donors (Lipinski definition) is 1. The van der Waals surface area contributed by atoms with Crippen LogP contribution in [0.1, 0.15) is 35.2 Å². The zero-order chi connectivity index (χ0) is 14.0. The van der Waals surface area contributed by atoms with Crippen LogP contribution in [0.4, 0.5) is 10.1 Å². The normalized spacial score (nSPS) is 12.3. The number of benzene rings is 2. The molecule has 1 nitrogen and oxygen atoms in total. The lowest BCUT2D eigenvalue weighted by Crippen LogP contribution is -2.09. The molecular weight excluding hydrogens is 237 g/mol. The number of rotatable bonds is 3. The number of anilines is 1. The Morgan fingerprint density at radius 3 is 2.37 bits per heavy atom. The molecule has 0 saturated carbocycles. The highest BCUT2D eigenvalue weighted by atomic mass is 19.1. The second-order valence-corrected chi connectivity index (χ2v) is 5.19.